The van der Waals surface area contributed by atoms with Gasteiger partial charge >= 0.3 is 11.7 Å². The van der Waals surface area contributed by atoms with Crippen molar-refractivity contribution in [3.63, 3.8) is 0 Å². The zero-order valence-corrected chi connectivity index (χ0v) is 16.4. The number of hydrogen-bond donors (Lipinski definition) is 3. The van der Waals surface area contributed by atoms with Gasteiger partial charge in [0.05, 0.1) is 12.2 Å². The molecule has 11 heteroatoms. The van der Waals surface area contributed by atoms with E-state index in [-0.39, 0.29) is 29.4 Å². The molecule has 31 heavy (non-hydrogen) atoms. The van der Waals surface area contributed by atoms with Crippen molar-refractivity contribution in [3.8, 4) is 17.6 Å². The first-order valence-corrected chi connectivity index (χ1v) is 9.58. The number of benzene rings is 1. The number of carbonyl (C=O) groups excluding carboxylic acids is 1. The summed E-state index contributed by atoms with van der Waals surface area (Å²) in [7, 11) is 0. The third-order valence-corrected chi connectivity index (χ3v) is 4.69. The Morgan fingerprint density at radius 1 is 1.32 bits per heavy atom. The Labute approximate surface area is 173 Å². The topological polar surface area (TPSA) is 151 Å². The van der Waals surface area contributed by atoms with Gasteiger partial charge < -0.3 is 14.8 Å². The third-order valence-electron chi connectivity index (χ3n) is 4.69. The number of imidazole rings is 1. The van der Waals surface area contributed by atoms with Gasteiger partial charge in [-0.15, -0.1) is 0 Å². The zero-order chi connectivity index (χ0) is 21.5. The fourth-order valence-electron chi connectivity index (χ4n) is 2.99. The lowest BCUT2D eigenvalue weighted by Gasteiger charge is -2.05. The monoisotopic (exact) mass is 419 g/mol. The molecule has 1 saturated carbocycles. The summed E-state index contributed by atoms with van der Waals surface area (Å²) in [4.78, 5) is 41.2. The second kappa shape index (κ2) is 7.20. The van der Waals surface area contributed by atoms with Gasteiger partial charge in [0.2, 0.25) is 5.88 Å². The van der Waals surface area contributed by atoms with Crippen molar-refractivity contribution in [3.05, 3.63) is 63.0 Å². The minimum absolute atomic E-state index is 0.0366. The second-order valence-corrected chi connectivity index (χ2v) is 7.17. The first-order chi connectivity index (χ1) is 15.0. The summed E-state index contributed by atoms with van der Waals surface area (Å²) in [6.07, 6.45) is 5.01. The molecule has 0 saturated heterocycles. The highest BCUT2D eigenvalue weighted by atomic mass is 16.5. The molecule has 1 aliphatic carbocycles. The molecule has 0 atom stereocenters. The number of carbonyl (C=O) groups is 1. The number of aromatic nitrogens is 6. The molecule has 1 aromatic carbocycles. The fourth-order valence-corrected chi connectivity index (χ4v) is 2.99. The lowest BCUT2D eigenvalue weighted by molar-refractivity contribution is 0.101. The molecule has 3 N–H and O–H groups in total. The highest BCUT2D eigenvalue weighted by molar-refractivity contribution is 5.94. The summed E-state index contributed by atoms with van der Waals surface area (Å²) < 4.78 is 7.30. The molecule has 4 aromatic rings. The fraction of sp³-hybridized carbons (Fsp3) is 0.200. The third kappa shape index (κ3) is 3.80. The summed E-state index contributed by atoms with van der Waals surface area (Å²) >= 11 is 0. The van der Waals surface area contributed by atoms with Gasteiger partial charge in [-0.05, 0) is 38.0 Å². The molecule has 1 fully saturated rings. The van der Waals surface area contributed by atoms with Gasteiger partial charge in [0.15, 0.2) is 11.4 Å². The van der Waals surface area contributed by atoms with Crippen molar-refractivity contribution in [1.29, 1.82) is 0 Å². The quantitative estimate of drug-likeness (QED) is 0.397. The lowest BCUT2D eigenvalue weighted by Crippen LogP contribution is -2.23. The van der Waals surface area contributed by atoms with E-state index in [1.165, 1.54) is 23.7 Å². The molecule has 156 valence electrons. The Bertz CT molecular complexity index is 1490. The number of ketones is 1. The van der Waals surface area contributed by atoms with E-state index >= 15 is 0 Å². The predicted molar refractivity (Wildman–Crippen MR) is 108 cm³/mol. The largest absolute Gasteiger partial charge is 0.493 e. The Balaban J connectivity index is 1.65. The van der Waals surface area contributed by atoms with E-state index in [9.17, 15) is 14.7 Å². The summed E-state index contributed by atoms with van der Waals surface area (Å²) in [5.41, 5.74) is 0.876. The van der Waals surface area contributed by atoms with Crippen molar-refractivity contribution < 1.29 is 14.6 Å². The average Bonchev–Trinajstić information content (AvgIpc) is 3.37. The smallest absolute Gasteiger partial charge is 0.327 e. The number of Topliss-reactive ketones (excluding diaryl/α,β-unsaturated/α-hetero) is 1. The molecule has 11 nitrogen and oxygen atoms in total. The van der Waals surface area contributed by atoms with Crippen LogP contribution in [0.4, 0.5) is 0 Å². The first kappa shape index (κ1) is 18.7. The highest BCUT2D eigenvalue weighted by Gasteiger charge is 2.21. The van der Waals surface area contributed by atoms with Gasteiger partial charge in [-0.3, -0.25) is 9.78 Å². The normalized spacial score (nSPS) is 15.0. The van der Waals surface area contributed by atoms with Gasteiger partial charge in [-0.2, -0.15) is 19.6 Å². The first-order valence-electron chi connectivity index (χ1n) is 9.58. The van der Waals surface area contributed by atoms with Crippen LogP contribution in [-0.4, -0.2) is 46.5 Å². The van der Waals surface area contributed by atoms with E-state index in [1.807, 2.05) is 0 Å². The molecule has 1 aliphatic rings. The minimum atomic E-state index is -0.534. The number of rotatable bonds is 5. The molecule has 5 rings (SSSR count). The summed E-state index contributed by atoms with van der Waals surface area (Å²) in [6.45, 7) is 1.48. The van der Waals surface area contributed by atoms with Crippen LogP contribution in [0.5, 0.6) is 17.6 Å². The van der Waals surface area contributed by atoms with E-state index < -0.39 is 5.69 Å². The van der Waals surface area contributed by atoms with Gasteiger partial charge in [0, 0.05) is 10.8 Å². The van der Waals surface area contributed by atoms with Crippen molar-refractivity contribution in [1.82, 2.24) is 29.5 Å². The van der Waals surface area contributed by atoms with Crippen LogP contribution in [-0.2, 0) is 0 Å². The van der Waals surface area contributed by atoms with E-state index in [2.05, 4.69) is 30.0 Å². The number of nitrogens with one attached hydrogen (secondary N) is 2. The van der Waals surface area contributed by atoms with Gasteiger partial charge in [0.1, 0.15) is 11.4 Å². The van der Waals surface area contributed by atoms with E-state index in [0.717, 1.165) is 12.8 Å². The summed E-state index contributed by atoms with van der Waals surface area (Å²) in [6, 6.07) is 6.93. The van der Waals surface area contributed by atoms with Crippen LogP contribution in [0.25, 0.3) is 11.7 Å². The Hall–Kier alpha value is -4.28. The molecular formula is C20H17N7O4. The average molecular weight is 419 g/mol. The van der Waals surface area contributed by atoms with Crippen molar-refractivity contribution in [2.24, 2.45) is 4.99 Å². The molecule has 0 unspecified atom stereocenters. The molecule has 0 radical (unpaired) electrons. The summed E-state index contributed by atoms with van der Waals surface area (Å²) in [5, 5.41) is 14.7. The Morgan fingerprint density at radius 2 is 2.16 bits per heavy atom. The molecule has 0 amide bonds. The number of fused-ring (bicyclic) bond motifs is 1. The van der Waals surface area contributed by atoms with E-state index in [1.54, 1.807) is 24.3 Å². The van der Waals surface area contributed by atoms with Crippen LogP contribution in [0.1, 0.15) is 35.8 Å². The maximum Gasteiger partial charge on any atom is 0.327 e. The Kier molecular flexibility index (Phi) is 4.35. The zero-order valence-electron chi connectivity index (χ0n) is 16.4. The summed E-state index contributed by atoms with van der Waals surface area (Å²) in [5.74, 6) is 0.0325. The molecule has 0 aliphatic heterocycles. The van der Waals surface area contributed by atoms with E-state index in [4.69, 9.17) is 4.74 Å². The number of nitrogens with zero attached hydrogens (tertiary/aromatic N) is 5. The van der Waals surface area contributed by atoms with Crippen LogP contribution < -0.4 is 21.3 Å². The minimum Gasteiger partial charge on any atom is -0.493 e. The highest BCUT2D eigenvalue weighted by Crippen LogP contribution is 2.23. The second-order valence-electron chi connectivity index (χ2n) is 7.17. The van der Waals surface area contributed by atoms with Crippen molar-refractivity contribution >= 4 is 17.5 Å². The standard InChI is InChI=1S/C20H17N7O4/c1-10(28)11-3-2-4-14(7-11)31-20-24-16-12(8-15-17(29)25-19(30)23-15)9-21-27(16)18(26-20)22-13-5-6-13/h2-4,7-9,13,29H,5-6H2,1H3,(H2,23,25,30)/b12-8-,22-18?. The number of ether oxygens (including phenoxy) is 1. The van der Waals surface area contributed by atoms with Crippen LogP contribution in [0.2, 0.25) is 0 Å². The number of hydrogen-bond acceptors (Lipinski definition) is 8. The van der Waals surface area contributed by atoms with Crippen LogP contribution in [0, 0.1) is 0 Å². The SMILES string of the molecule is CC(=O)c1cccc(Oc2nc(=NC3CC3)n3nc/c(=C/c4[nH]c(=O)[nH]c4O)c3n2)c1. The van der Waals surface area contributed by atoms with Gasteiger partial charge in [-0.25, -0.2) is 9.79 Å². The van der Waals surface area contributed by atoms with Crippen LogP contribution in [0.3, 0.4) is 0 Å². The number of aromatic amines is 2. The maximum absolute atomic E-state index is 11.7. The Morgan fingerprint density at radius 3 is 2.87 bits per heavy atom. The molecule has 3 aromatic heterocycles. The maximum atomic E-state index is 11.7. The molecular weight excluding hydrogens is 402 g/mol. The molecule has 0 spiro atoms. The van der Waals surface area contributed by atoms with Crippen molar-refractivity contribution in [2.45, 2.75) is 25.8 Å². The van der Waals surface area contributed by atoms with Gasteiger partial charge in [0.25, 0.3) is 5.62 Å². The van der Waals surface area contributed by atoms with Crippen LogP contribution in [0.15, 0.2) is 40.2 Å². The number of H-pyrrole nitrogens is 2. The number of aromatic hydroxyl groups is 1. The lowest BCUT2D eigenvalue weighted by atomic mass is 10.1. The van der Waals surface area contributed by atoms with Crippen LogP contribution >= 0.6 is 0 Å². The van der Waals surface area contributed by atoms with E-state index in [0.29, 0.717) is 27.8 Å². The van der Waals surface area contributed by atoms with Crippen molar-refractivity contribution in [2.75, 3.05) is 0 Å². The predicted octanol–water partition coefficient (Wildman–Crippen LogP) is 0.452. The molecule has 3 heterocycles. The molecule has 0 bridgehead atoms. The van der Waals surface area contributed by atoms with Gasteiger partial charge in [-0.1, -0.05) is 12.1 Å².